The summed E-state index contributed by atoms with van der Waals surface area (Å²) >= 11 is 0. The molecule has 37 heavy (non-hydrogen) atoms. The summed E-state index contributed by atoms with van der Waals surface area (Å²) < 4.78 is 61.6. The highest BCUT2D eigenvalue weighted by atomic mass is 19.4. The number of pyridine rings is 2. The molecule has 0 N–H and O–H groups in total. The first-order chi connectivity index (χ1) is 17.8. The van der Waals surface area contributed by atoms with Gasteiger partial charge in [0.15, 0.2) is 0 Å². The Morgan fingerprint density at radius 2 is 1.70 bits per heavy atom. The second-order valence-corrected chi connectivity index (χ2v) is 7.78. The Kier molecular flexibility index (Phi) is 5.96. The third-order valence-corrected chi connectivity index (χ3v) is 5.47. The predicted molar refractivity (Wildman–Crippen MR) is 125 cm³/mol. The molecule has 0 spiro atoms. The van der Waals surface area contributed by atoms with Gasteiger partial charge in [-0.15, -0.1) is 0 Å². The van der Waals surface area contributed by atoms with Crippen LogP contribution < -0.4 is 10.3 Å². The van der Waals surface area contributed by atoms with Gasteiger partial charge in [-0.25, -0.2) is 9.37 Å². The largest absolute Gasteiger partial charge is 0.438 e. The number of fused-ring (bicyclic) bond motifs is 1. The van der Waals surface area contributed by atoms with Crippen LogP contribution in [0.25, 0.3) is 27.8 Å². The fourth-order valence-electron chi connectivity index (χ4n) is 3.79. The minimum Gasteiger partial charge on any atom is -0.438 e. The van der Waals surface area contributed by atoms with Crippen LogP contribution in [0, 0.1) is 5.82 Å². The maximum Gasteiger partial charge on any atom is 0.421 e. The zero-order valence-electron chi connectivity index (χ0n) is 18.6. The molecule has 0 aliphatic rings. The molecule has 5 aromatic rings. The third-order valence-electron chi connectivity index (χ3n) is 5.47. The molecule has 184 valence electrons. The molecule has 0 bridgehead atoms. The number of halogens is 4. The topological polar surface area (TPSA) is 87.0 Å². The summed E-state index contributed by atoms with van der Waals surface area (Å²) in [4.78, 5) is 35.4. The molecule has 3 aromatic heterocycles. The maximum atomic E-state index is 14.8. The number of benzene rings is 2. The standard InChI is InChI=1S/C26H14F4N4O3/c27-20-11-15(13-35)5-7-17(20)23-22(4-2-9-31-23)34-14-33-24(36)18-12-16(6-8-21(18)34)37-25-19(26(28,29)30)3-1-10-32-25/h1-14H. The highest BCUT2D eigenvalue weighted by Crippen LogP contribution is 2.37. The molecule has 0 aliphatic heterocycles. The molecule has 11 heteroatoms. The number of ether oxygens (including phenoxy) is 1. The predicted octanol–water partition coefficient (Wildman–Crippen LogP) is 5.61. The molecule has 5 rings (SSSR count). The average molecular weight is 506 g/mol. The fourth-order valence-corrected chi connectivity index (χ4v) is 3.79. The first kappa shape index (κ1) is 23.8. The number of rotatable bonds is 5. The van der Waals surface area contributed by atoms with Crippen LogP contribution in [0.15, 0.2) is 84.2 Å². The van der Waals surface area contributed by atoms with Gasteiger partial charge in [-0.3, -0.25) is 19.1 Å². The van der Waals surface area contributed by atoms with E-state index in [-0.39, 0.29) is 28.0 Å². The van der Waals surface area contributed by atoms with E-state index in [0.29, 0.717) is 17.5 Å². The van der Waals surface area contributed by atoms with Crippen LogP contribution in [0.2, 0.25) is 0 Å². The molecule has 2 aromatic carbocycles. The summed E-state index contributed by atoms with van der Waals surface area (Å²) in [6.45, 7) is 0. The van der Waals surface area contributed by atoms with Gasteiger partial charge >= 0.3 is 6.18 Å². The van der Waals surface area contributed by atoms with E-state index < -0.39 is 29.0 Å². The van der Waals surface area contributed by atoms with Gasteiger partial charge in [0.05, 0.1) is 22.3 Å². The smallest absolute Gasteiger partial charge is 0.421 e. The van der Waals surface area contributed by atoms with E-state index in [1.807, 2.05) is 0 Å². The zero-order valence-corrected chi connectivity index (χ0v) is 18.6. The number of nitrogens with zero attached hydrogens (tertiary/aromatic N) is 4. The van der Waals surface area contributed by atoms with E-state index in [4.69, 9.17) is 4.74 Å². The summed E-state index contributed by atoms with van der Waals surface area (Å²) in [6, 6.07) is 13.3. The van der Waals surface area contributed by atoms with Crippen LogP contribution in [0.1, 0.15) is 15.9 Å². The second kappa shape index (κ2) is 9.26. The molecule has 0 saturated carbocycles. The van der Waals surface area contributed by atoms with Crippen LogP contribution in [0.4, 0.5) is 17.6 Å². The van der Waals surface area contributed by atoms with Crippen LogP contribution in [0.5, 0.6) is 11.6 Å². The highest BCUT2D eigenvalue weighted by Gasteiger charge is 2.35. The molecule has 0 saturated heterocycles. The van der Waals surface area contributed by atoms with Crippen molar-refractivity contribution in [1.82, 2.24) is 19.5 Å². The molecule has 7 nitrogen and oxygen atoms in total. The third kappa shape index (κ3) is 4.54. The van der Waals surface area contributed by atoms with Crippen LogP contribution in [-0.4, -0.2) is 25.8 Å². The first-order valence-electron chi connectivity index (χ1n) is 10.7. The van der Waals surface area contributed by atoms with Gasteiger partial charge in [0, 0.05) is 23.5 Å². The van der Waals surface area contributed by atoms with Crippen molar-refractivity contribution in [2.24, 2.45) is 0 Å². The maximum absolute atomic E-state index is 14.8. The minimum atomic E-state index is -4.69. The average Bonchev–Trinajstić information content (AvgIpc) is 2.89. The molecule has 0 radical (unpaired) electrons. The summed E-state index contributed by atoms with van der Waals surface area (Å²) in [5, 5.41) is 0.0380. The second-order valence-electron chi connectivity index (χ2n) is 7.78. The van der Waals surface area contributed by atoms with Gasteiger partial charge in [0.1, 0.15) is 29.7 Å². The Hall–Kier alpha value is -4.93. The van der Waals surface area contributed by atoms with Gasteiger partial charge in [-0.05, 0) is 54.6 Å². The zero-order chi connectivity index (χ0) is 26.2. The van der Waals surface area contributed by atoms with Gasteiger partial charge in [0.25, 0.3) is 5.56 Å². The van der Waals surface area contributed by atoms with Crippen LogP contribution >= 0.6 is 0 Å². The lowest BCUT2D eigenvalue weighted by Crippen LogP contribution is -2.13. The Morgan fingerprint density at radius 1 is 0.919 bits per heavy atom. The van der Waals surface area contributed by atoms with Crippen molar-refractivity contribution in [3.8, 4) is 28.6 Å². The number of carbonyl (C=O) groups excluding carboxylic acids is 1. The molecule has 0 amide bonds. The lowest BCUT2D eigenvalue weighted by molar-refractivity contribution is -0.138. The van der Waals surface area contributed by atoms with Crippen molar-refractivity contribution in [2.45, 2.75) is 6.18 Å². The van der Waals surface area contributed by atoms with Gasteiger partial charge in [-0.2, -0.15) is 18.2 Å². The molecule has 0 aliphatic carbocycles. The fraction of sp³-hybridized carbons (Fsp3) is 0.0385. The number of aldehydes is 1. The number of hydrogen-bond acceptors (Lipinski definition) is 6. The number of aromatic nitrogens is 4. The Labute approximate surface area is 205 Å². The van der Waals surface area contributed by atoms with E-state index in [1.165, 1.54) is 47.4 Å². The summed E-state index contributed by atoms with van der Waals surface area (Å²) in [7, 11) is 0. The SMILES string of the molecule is O=Cc1ccc(-c2ncccc2-n2cnc(=O)c3cc(Oc4ncccc4C(F)(F)F)ccc32)c(F)c1. The van der Waals surface area contributed by atoms with Crippen molar-refractivity contribution in [1.29, 1.82) is 0 Å². The van der Waals surface area contributed by atoms with Crippen molar-refractivity contribution >= 4 is 17.2 Å². The number of hydrogen-bond donors (Lipinski definition) is 0. The van der Waals surface area contributed by atoms with E-state index in [0.717, 1.165) is 24.4 Å². The van der Waals surface area contributed by atoms with Gasteiger partial charge in [0.2, 0.25) is 5.88 Å². The highest BCUT2D eigenvalue weighted by molar-refractivity contribution is 5.84. The summed E-state index contributed by atoms with van der Waals surface area (Å²) in [6.07, 6.45) is -0.311. The van der Waals surface area contributed by atoms with Crippen LogP contribution in [0.3, 0.4) is 0 Å². The van der Waals surface area contributed by atoms with Crippen LogP contribution in [-0.2, 0) is 6.18 Å². The molecule has 3 heterocycles. The van der Waals surface area contributed by atoms with Crippen molar-refractivity contribution < 1.29 is 27.1 Å². The monoisotopic (exact) mass is 506 g/mol. The van der Waals surface area contributed by atoms with Crippen molar-refractivity contribution in [3.05, 3.63) is 107 Å². The Bertz CT molecular complexity index is 1720. The molecule has 0 fully saturated rings. The summed E-state index contributed by atoms with van der Waals surface area (Å²) in [5.74, 6) is -1.40. The van der Waals surface area contributed by atoms with E-state index in [9.17, 15) is 27.2 Å². The Morgan fingerprint density at radius 3 is 2.46 bits per heavy atom. The van der Waals surface area contributed by atoms with E-state index >= 15 is 0 Å². The lowest BCUT2D eigenvalue weighted by atomic mass is 10.1. The van der Waals surface area contributed by atoms with Crippen molar-refractivity contribution in [3.63, 3.8) is 0 Å². The number of carbonyl (C=O) groups is 1. The molecule has 0 atom stereocenters. The van der Waals surface area contributed by atoms with Gasteiger partial charge < -0.3 is 4.74 Å². The lowest BCUT2D eigenvalue weighted by Gasteiger charge is -2.15. The summed E-state index contributed by atoms with van der Waals surface area (Å²) in [5.41, 5.74) is -0.542. The van der Waals surface area contributed by atoms with E-state index in [1.54, 1.807) is 12.1 Å². The van der Waals surface area contributed by atoms with Crippen molar-refractivity contribution in [2.75, 3.05) is 0 Å². The Balaban J connectivity index is 1.63. The first-order valence-corrected chi connectivity index (χ1v) is 10.7. The minimum absolute atomic E-state index is 0.0380. The quantitative estimate of drug-likeness (QED) is 0.228. The molecular weight excluding hydrogens is 492 g/mol. The van der Waals surface area contributed by atoms with E-state index in [2.05, 4.69) is 15.0 Å². The van der Waals surface area contributed by atoms with Gasteiger partial charge in [-0.1, -0.05) is 6.07 Å². The molecule has 0 unspecified atom stereocenters. The normalized spacial score (nSPS) is 11.5. The molecular formula is C26H14F4N4O3. The number of alkyl halides is 3.